The lowest BCUT2D eigenvalue weighted by Gasteiger charge is -2.26. The first-order valence-electron chi connectivity index (χ1n) is 7.86. The summed E-state index contributed by atoms with van der Waals surface area (Å²) in [4.78, 5) is 11.4. The second-order valence-corrected chi connectivity index (χ2v) is 7.75. The highest BCUT2D eigenvalue weighted by atomic mass is 35.5. The second kappa shape index (κ2) is 8.10. The van der Waals surface area contributed by atoms with Crippen LogP contribution >= 0.6 is 12.4 Å². The van der Waals surface area contributed by atoms with Gasteiger partial charge in [0.2, 0.25) is 10.0 Å². The molecule has 0 spiro atoms. The average Bonchev–Trinajstić information content (AvgIpc) is 2.60. The van der Waals surface area contributed by atoms with Gasteiger partial charge in [0.05, 0.1) is 4.90 Å². The minimum Gasteiger partial charge on any atom is -0.308 e. The van der Waals surface area contributed by atoms with Crippen molar-refractivity contribution in [3.63, 3.8) is 0 Å². The number of carbonyl (C=O) groups excluding carboxylic acids is 1. The third-order valence-corrected chi connectivity index (χ3v) is 5.70. The number of halogens is 1. The van der Waals surface area contributed by atoms with Gasteiger partial charge in [0.15, 0.2) is 5.78 Å². The Morgan fingerprint density at radius 2 is 1.76 bits per heavy atom. The molecule has 1 unspecified atom stereocenters. The Kier molecular flexibility index (Phi) is 6.35. The predicted molar refractivity (Wildman–Crippen MR) is 99.7 cm³/mol. The first kappa shape index (κ1) is 19.6. The van der Waals surface area contributed by atoms with E-state index >= 15 is 0 Å². The van der Waals surface area contributed by atoms with E-state index in [9.17, 15) is 13.2 Å². The molecule has 0 bridgehead atoms. The van der Waals surface area contributed by atoms with E-state index in [2.05, 4.69) is 22.2 Å². The number of hydrogen-bond donors (Lipinski definition) is 2. The van der Waals surface area contributed by atoms with Gasteiger partial charge in [-0.1, -0.05) is 36.4 Å². The van der Waals surface area contributed by atoms with Crippen LogP contribution in [0, 0.1) is 0 Å². The Labute approximate surface area is 154 Å². The topological polar surface area (TPSA) is 75.3 Å². The van der Waals surface area contributed by atoms with Crippen LogP contribution in [0.2, 0.25) is 0 Å². The van der Waals surface area contributed by atoms with Gasteiger partial charge in [-0.2, -0.15) is 0 Å². The van der Waals surface area contributed by atoms with Crippen LogP contribution in [-0.2, 0) is 23.0 Å². The standard InChI is InChI=1S/C18H20N2O3S.ClH/c1-13(21)14-6-8-18(9-7-14)24(22,23)20-12-17-10-15-4-2-3-5-16(15)11-19-17;/h2-9,17,19-20H,10-12H2,1H3;1H. The van der Waals surface area contributed by atoms with Crippen molar-refractivity contribution in [2.24, 2.45) is 0 Å². The van der Waals surface area contributed by atoms with Crippen molar-refractivity contribution in [2.75, 3.05) is 6.54 Å². The minimum atomic E-state index is -3.58. The fourth-order valence-electron chi connectivity index (χ4n) is 2.83. The zero-order chi connectivity index (χ0) is 17.2. The molecule has 134 valence electrons. The molecular formula is C18H21ClN2O3S. The summed E-state index contributed by atoms with van der Waals surface area (Å²) in [7, 11) is -3.58. The van der Waals surface area contributed by atoms with E-state index in [0.717, 1.165) is 13.0 Å². The van der Waals surface area contributed by atoms with E-state index in [-0.39, 0.29) is 29.1 Å². The van der Waals surface area contributed by atoms with Gasteiger partial charge in [-0.3, -0.25) is 4.79 Å². The first-order chi connectivity index (χ1) is 11.5. The van der Waals surface area contributed by atoms with Crippen LogP contribution in [0.5, 0.6) is 0 Å². The number of benzene rings is 2. The van der Waals surface area contributed by atoms with Gasteiger partial charge in [0.25, 0.3) is 0 Å². The zero-order valence-corrected chi connectivity index (χ0v) is 15.5. The summed E-state index contributed by atoms with van der Waals surface area (Å²) < 4.78 is 27.4. The molecule has 1 aliphatic heterocycles. The molecule has 1 heterocycles. The van der Waals surface area contributed by atoms with Gasteiger partial charge < -0.3 is 5.32 Å². The zero-order valence-electron chi connectivity index (χ0n) is 13.9. The summed E-state index contributed by atoms with van der Waals surface area (Å²) in [6, 6.07) is 14.2. The molecule has 3 rings (SSSR count). The number of Topliss-reactive ketones (excluding diaryl/α,β-unsaturated/α-hetero) is 1. The van der Waals surface area contributed by atoms with E-state index in [4.69, 9.17) is 0 Å². The van der Waals surface area contributed by atoms with E-state index in [1.807, 2.05) is 12.1 Å². The molecule has 2 aromatic carbocycles. The molecule has 1 aliphatic rings. The van der Waals surface area contributed by atoms with Crippen molar-refractivity contribution in [2.45, 2.75) is 30.8 Å². The molecule has 0 aromatic heterocycles. The summed E-state index contributed by atoms with van der Waals surface area (Å²) in [5, 5.41) is 3.35. The molecule has 0 aliphatic carbocycles. The summed E-state index contributed by atoms with van der Waals surface area (Å²) in [6.45, 7) is 2.52. The van der Waals surface area contributed by atoms with Gasteiger partial charge in [-0.05, 0) is 36.6 Å². The number of ketones is 1. The quantitative estimate of drug-likeness (QED) is 0.780. The normalized spacial score (nSPS) is 16.6. The summed E-state index contributed by atoms with van der Waals surface area (Å²) >= 11 is 0. The largest absolute Gasteiger partial charge is 0.308 e. The van der Waals surface area contributed by atoms with E-state index in [1.165, 1.54) is 42.3 Å². The van der Waals surface area contributed by atoms with Gasteiger partial charge >= 0.3 is 0 Å². The SMILES string of the molecule is CC(=O)c1ccc(S(=O)(=O)NCC2Cc3ccccc3CN2)cc1.Cl. The van der Waals surface area contributed by atoms with Gasteiger partial charge in [-0.15, -0.1) is 12.4 Å². The Morgan fingerprint density at radius 1 is 1.12 bits per heavy atom. The van der Waals surface area contributed by atoms with E-state index in [0.29, 0.717) is 12.1 Å². The highest BCUT2D eigenvalue weighted by Crippen LogP contribution is 2.16. The maximum absolute atomic E-state index is 12.4. The molecule has 1 atom stereocenters. The molecule has 0 fully saturated rings. The van der Waals surface area contributed by atoms with E-state index < -0.39 is 10.0 Å². The van der Waals surface area contributed by atoms with Crippen molar-refractivity contribution >= 4 is 28.2 Å². The van der Waals surface area contributed by atoms with Crippen molar-refractivity contribution in [3.05, 3.63) is 65.2 Å². The maximum Gasteiger partial charge on any atom is 0.240 e. The average molecular weight is 381 g/mol. The van der Waals surface area contributed by atoms with Crippen molar-refractivity contribution in [1.82, 2.24) is 10.0 Å². The highest BCUT2D eigenvalue weighted by Gasteiger charge is 2.21. The lowest BCUT2D eigenvalue weighted by molar-refractivity contribution is 0.101. The van der Waals surface area contributed by atoms with E-state index in [1.54, 1.807) is 0 Å². The summed E-state index contributed by atoms with van der Waals surface area (Å²) in [6.07, 6.45) is 0.794. The molecule has 7 heteroatoms. The molecule has 25 heavy (non-hydrogen) atoms. The second-order valence-electron chi connectivity index (χ2n) is 5.98. The maximum atomic E-state index is 12.4. The fourth-order valence-corrected chi connectivity index (χ4v) is 3.91. The van der Waals surface area contributed by atoms with Crippen molar-refractivity contribution in [1.29, 1.82) is 0 Å². The third-order valence-electron chi connectivity index (χ3n) is 4.26. The molecule has 2 N–H and O–H groups in total. The lowest BCUT2D eigenvalue weighted by Crippen LogP contribution is -2.44. The predicted octanol–water partition coefficient (Wildman–Crippen LogP) is 2.30. The van der Waals surface area contributed by atoms with Crippen molar-refractivity contribution in [3.8, 4) is 0 Å². The molecule has 5 nitrogen and oxygen atoms in total. The number of nitrogens with one attached hydrogen (secondary N) is 2. The van der Waals surface area contributed by atoms with Crippen LogP contribution in [0.15, 0.2) is 53.4 Å². The Hall–Kier alpha value is -1.73. The molecular weight excluding hydrogens is 360 g/mol. The van der Waals surface area contributed by atoms with Crippen LogP contribution in [0.25, 0.3) is 0 Å². The Balaban J connectivity index is 0.00000225. The van der Waals surface area contributed by atoms with Crippen LogP contribution in [0.1, 0.15) is 28.4 Å². The monoisotopic (exact) mass is 380 g/mol. The summed E-state index contributed by atoms with van der Waals surface area (Å²) in [5.74, 6) is -0.0861. The molecule has 0 saturated heterocycles. The van der Waals surface area contributed by atoms with Crippen LogP contribution < -0.4 is 10.0 Å². The number of carbonyl (C=O) groups is 1. The van der Waals surface area contributed by atoms with Crippen molar-refractivity contribution < 1.29 is 13.2 Å². The number of hydrogen-bond acceptors (Lipinski definition) is 4. The van der Waals surface area contributed by atoms with Crippen LogP contribution in [0.4, 0.5) is 0 Å². The highest BCUT2D eigenvalue weighted by molar-refractivity contribution is 7.89. The minimum absolute atomic E-state index is 0. The smallest absolute Gasteiger partial charge is 0.240 e. The Bertz CT molecular complexity index is 851. The van der Waals surface area contributed by atoms with Gasteiger partial charge in [0.1, 0.15) is 0 Å². The van der Waals surface area contributed by atoms with Crippen LogP contribution in [-0.4, -0.2) is 26.8 Å². The fraction of sp³-hybridized carbons (Fsp3) is 0.278. The molecule has 0 saturated carbocycles. The molecule has 2 aromatic rings. The number of rotatable bonds is 5. The van der Waals surface area contributed by atoms with Crippen LogP contribution in [0.3, 0.4) is 0 Å². The number of fused-ring (bicyclic) bond motifs is 1. The summed E-state index contributed by atoms with van der Waals surface area (Å²) in [5.41, 5.74) is 3.02. The third kappa shape index (κ3) is 4.67. The Morgan fingerprint density at radius 3 is 2.40 bits per heavy atom. The first-order valence-corrected chi connectivity index (χ1v) is 9.35. The molecule has 0 radical (unpaired) electrons. The lowest BCUT2D eigenvalue weighted by atomic mass is 9.96. The van der Waals surface area contributed by atoms with Gasteiger partial charge in [0, 0.05) is 24.7 Å². The number of sulfonamides is 1. The molecule has 0 amide bonds. The van der Waals surface area contributed by atoms with Gasteiger partial charge in [-0.25, -0.2) is 13.1 Å².